The molecule has 1 unspecified atom stereocenters. The van der Waals surface area contributed by atoms with Crippen LogP contribution in [0.5, 0.6) is 0 Å². The third-order valence-electron chi connectivity index (χ3n) is 1.77. The van der Waals surface area contributed by atoms with Crippen LogP contribution in [0.3, 0.4) is 0 Å². The first kappa shape index (κ1) is 9.96. The minimum Gasteiger partial charge on any atom is -0.313 e. The first-order chi connectivity index (χ1) is 5.79. The van der Waals surface area contributed by atoms with Gasteiger partial charge < -0.3 is 5.32 Å². The Hall–Kier alpha value is -0.120. The molecule has 0 radical (unpaired) electrons. The molecule has 0 aliphatic heterocycles. The van der Waals surface area contributed by atoms with Crippen molar-refractivity contribution in [3.05, 3.63) is 33.5 Å². The second-order valence-corrected chi connectivity index (χ2v) is 4.14. The first-order valence-corrected chi connectivity index (χ1v) is 5.53. The summed E-state index contributed by atoms with van der Waals surface area (Å²) in [6, 6.07) is 0.392. The fourth-order valence-electron chi connectivity index (χ4n) is 1.11. The lowest BCUT2D eigenvalue weighted by molar-refractivity contribution is 0.603. The molecule has 3 heteroatoms. The zero-order valence-electron chi connectivity index (χ0n) is 7.01. The van der Waals surface area contributed by atoms with E-state index in [1.165, 1.54) is 10.0 Å². The SMILES string of the molecule is C=CCC(NC)c1cscc1Br. The smallest absolute Gasteiger partial charge is 0.0371 e. The molecule has 0 aliphatic rings. The summed E-state index contributed by atoms with van der Waals surface area (Å²) in [5.74, 6) is 0. The Morgan fingerprint density at radius 3 is 2.92 bits per heavy atom. The van der Waals surface area contributed by atoms with Crippen LogP contribution >= 0.6 is 27.3 Å². The van der Waals surface area contributed by atoms with Crippen LogP contribution < -0.4 is 5.32 Å². The standard InChI is InChI=1S/C9H12BrNS/c1-3-4-9(11-2)7-5-12-6-8(7)10/h3,5-6,9,11H,1,4H2,2H3. The zero-order valence-corrected chi connectivity index (χ0v) is 9.41. The van der Waals surface area contributed by atoms with Gasteiger partial charge >= 0.3 is 0 Å². The van der Waals surface area contributed by atoms with Crippen molar-refractivity contribution in [1.29, 1.82) is 0 Å². The second kappa shape index (κ2) is 4.80. The Bertz CT molecular complexity index is 257. The largest absolute Gasteiger partial charge is 0.313 e. The lowest BCUT2D eigenvalue weighted by atomic mass is 10.1. The first-order valence-electron chi connectivity index (χ1n) is 3.79. The molecule has 0 spiro atoms. The van der Waals surface area contributed by atoms with Gasteiger partial charge in [-0.2, -0.15) is 11.3 Å². The summed E-state index contributed by atoms with van der Waals surface area (Å²) in [5.41, 5.74) is 1.32. The van der Waals surface area contributed by atoms with E-state index in [1.807, 2.05) is 13.1 Å². The number of rotatable bonds is 4. The molecule has 1 aromatic heterocycles. The van der Waals surface area contributed by atoms with E-state index < -0.39 is 0 Å². The molecule has 1 aromatic rings. The summed E-state index contributed by atoms with van der Waals surface area (Å²) >= 11 is 5.23. The van der Waals surface area contributed by atoms with Gasteiger partial charge in [-0.1, -0.05) is 6.08 Å². The highest BCUT2D eigenvalue weighted by Crippen LogP contribution is 2.28. The Morgan fingerprint density at radius 2 is 2.50 bits per heavy atom. The topological polar surface area (TPSA) is 12.0 Å². The molecule has 0 saturated carbocycles. The van der Waals surface area contributed by atoms with Crippen molar-refractivity contribution in [1.82, 2.24) is 5.32 Å². The van der Waals surface area contributed by atoms with E-state index in [2.05, 4.69) is 38.6 Å². The zero-order chi connectivity index (χ0) is 8.97. The molecule has 12 heavy (non-hydrogen) atoms. The van der Waals surface area contributed by atoms with Crippen LogP contribution in [0.15, 0.2) is 27.9 Å². The van der Waals surface area contributed by atoms with E-state index in [4.69, 9.17) is 0 Å². The summed E-state index contributed by atoms with van der Waals surface area (Å²) < 4.78 is 1.19. The van der Waals surface area contributed by atoms with Crippen molar-refractivity contribution in [3.63, 3.8) is 0 Å². The quantitative estimate of drug-likeness (QED) is 0.803. The van der Waals surface area contributed by atoms with Crippen LogP contribution in [0.2, 0.25) is 0 Å². The minimum atomic E-state index is 0.392. The van der Waals surface area contributed by atoms with Crippen molar-refractivity contribution >= 4 is 27.3 Å². The summed E-state index contributed by atoms with van der Waals surface area (Å²) in [5, 5.41) is 7.51. The molecule has 1 heterocycles. The number of hydrogen-bond donors (Lipinski definition) is 1. The average Bonchev–Trinajstić information content (AvgIpc) is 2.47. The highest BCUT2D eigenvalue weighted by molar-refractivity contribution is 9.10. The second-order valence-electron chi connectivity index (χ2n) is 2.54. The van der Waals surface area contributed by atoms with Gasteiger partial charge in [0.05, 0.1) is 0 Å². The molecule has 0 aromatic carbocycles. The summed E-state index contributed by atoms with van der Waals surface area (Å²) in [4.78, 5) is 0. The predicted molar refractivity (Wildman–Crippen MR) is 58.6 cm³/mol. The van der Waals surface area contributed by atoms with Gasteiger partial charge in [0, 0.05) is 15.9 Å². The maximum atomic E-state index is 3.74. The van der Waals surface area contributed by atoms with Crippen LogP contribution in [-0.4, -0.2) is 7.05 Å². The van der Waals surface area contributed by atoms with Gasteiger partial charge in [0.25, 0.3) is 0 Å². The molecular weight excluding hydrogens is 234 g/mol. The van der Waals surface area contributed by atoms with E-state index in [0.717, 1.165) is 6.42 Å². The molecular formula is C9H12BrNS. The van der Waals surface area contributed by atoms with Crippen molar-refractivity contribution in [2.45, 2.75) is 12.5 Å². The molecule has 1 nitrogen and oxygen atoms in total. The minimum absolute atomic E-state index is 0.392. The van der Waals surface area contributed by atoms with E-state index in [1.54, 1.807) is 11.3 Å². The molecule has 0 aliphatic carbocycles. The Kier molecular flexibility index (Phi) is 3.98. The Morgan fingerprint density at radius 1 is 1.75 bits per heavy atom. The number of thiophene rings is 1. The maximum absolute atomic E-state index is 3.74. The van der Waals surface area contributed by atoms with Crippen LogP contribution in [0.4, 0.5) is 0 Å². The van der Waals surface area contributed by atoms with Gasteiger partial charge in [0.15, 0.2) is 0 Å². The molecule has 0 amide bonds. The summed E-state index contributed by atoms with van der Waals surface area (Å²) in [6.07, 6.45) is 2.90. The number of nitrogens with one attached hydrogen (secondary N) is 1. The lowest BCUT2D eigenvalue weighted by Crippen LogP contribution is -2.14. The van der Waals surface area contributed by atoms with Crippen molar-refractivity contribution in [3.8, 4) is 0 Å². The Labute approximate surface area is 85.6 Å². The average molecular weight is 246 g/mol. The molecule has 0 fully saturated rings. The third kappa shape index (κ3) is 2.19. The highest BCUT2D eigenvalue weighted by Gasteiger charge is 2.10. The highest BCUT2D eigenvalue weighted by atomic mass is 79.9. The number of halogens is 1. The van der Waals surface area contributed by atoms with Crippen LogP contribution in [0.1, 0.15) is 18.0 Å². The van der Waals surface area contributed by atoms with Crippen molar-refractivity contribution < 1.29 is 0 Å². The fraction of sp³-hybridized carbons (Fsp3) is 0.333. The van der Waals surface area contributed by atoms with Gasteiger partial charge in [-0.05, 0) is 40.3 Å². The van der Waals surface area contributed by atoms with Crippen LogP contribution in [-0.2, 0) is 0 Å². The third-order valence-corrected chi connectivity index (χ3v) is 3.52. The summed E-state index contributed by atoms with van der Waals surface area (Å²) in [6.45, 7) is 3.74. The molecule has 1 atom stereocenters. The van der Waals surface area contributed by atoms with Crippen LogP contribution in [0.25, 0.3) is 0 Å². The van der Waals surface area contributed by atoms with Gasteiger partial charge in [0.1, 0.15) is 0 Å². The maximum Gasteiger partial charge on any atom is 0.0371 e. The Balaban J connectivity index is 2.78. The fourth-order valence-corrected chi connectivity index (χ4v) is 2.73. The molecule has 1 N–H and O–H groups in total. The van der Waals surface area contributed by atoms with Crippen molar-refractivity contribution in [2.24, 2.45) is 0 Å². The van der Waals surface area contributed by atoms with Gasteiger partial charge in [-0.15, -0.1) is 6.58 Å². The van der Waals surface area contributed by atoms with Crippen molar-refractivity contribution in [2.75, 3.05) is 7.05 Å². The molecule has 66 valence electrons. The van der Waals surface area contributed by atoms with Gasteiger partial charge in [-0.3, -0.25) is 0 Å². The predicted octanol–water partition coefficient (Wildman–Crippen LogP) is 3.35. The number of hydrogen-bond acceptors (Lipinski definition) is 2. The van der Waals surface area contributed by atoms with E-state index in [-0.39, 0.29) is 0 Å². The molecule has 1 rings (SSSR count). The normalized spacial score (nSPS) is 12.8. The van der Waals surface area contributed by atoms with Gasteiger partial charge in [0.2, 0.25) is 0 Å². The monoisotopic (exact) mass is 245 g/mol. The summed E-state index contributed by atoms with van der Waals surface area (Å²) in [7, 11) is 1.97. The van der Waals surface area contributed by atoms with Crippen LogP contribution in [0, 0.1) is 0 Å². The molecule has 0 saturated heterocycles. The van der Waals surface area contributed by atoms with Gasteiger partial charge in [-0.25, -0.2) is 0 Å². The van der Waals surface area contributed by atoms with E-state index in [9.17, 15) is 0 Å². The van der Waals surface area contributed by atoms with E-state index in [0.29, 0.717) is 6.04 Å². The van der Waals surface area contributed by atoms with E-state index >= 15 is 0 Å². The lowest BCUT2D eigenvalue weighted by Gasteiger charge is -2.12. The molecule has 0 bridgehead atoms.